The molecule has 3 aromatic carbocycles. The van der Waals surface area contributed by atoms with E-state index in [1.165, 1.54) is 12.1 Å². The fourth-order valence-electron chi connectivity index (χ4n) is 6.59. The summed E-state index contributed by atoms with van der Waals surface area (Å²) in [6, 6.07) is 17.1. The van der Waals surface area contributed by atoms with Crippen LogP contribution in [0, 0.1) is 5.92 Å². The van der Waals surface area contributed by atoms with Gasteiger partial charge in [0.2, 0.25) is 5.91 Å². The molecule has 250 valence electrons. The fraction of sp³-hybridized carbons (Fsp3) is 0.382. The number of nitrogens with zero attached hydrogens (tertiary/aromatic N) is 3. The van der Waals surface area contributed by atoms with Crippen LogP contribution in [0.3, 0.4) is 0 Å². The smallest absolute Gasteiger partial charge is 0.326 e. The molecule has 0 spiro atoms. The Bertz CT molecular complexity index is 1830. The van der Waals surface area contributed by atoms with E-state index in [2.05, 4.69) is 0 Å². The van der Waals surface area contributed by atoms with Gasteiger partial charge in [0.15, 0.2) is 9.84 Å². The number of carbonyl (C=O) groups excluding carboxylic acids is 2. The summed E-state index contributed by atoms with van der Waals surface area (Å²) in [7, 11) is -3.79. The minimum Gasteiger partial charge on any atom is -0.493 e. The van der Waals surface area contributed by atoms with E-state index in [4.69, 9.17) is 50.3 Å². The van der Waals surface area contributed by atoms with Crippen LogP contribution in [0.4, 0.5) is 4.79 Å². The molecule has 13 heteroatoms. The van der Waals surface area contributed by atoms with E-state index < -0.39 is 20.9 Å². The zero-order valence-electron chi connectivity index (χ0n) is 26.6. The number of amidine groups is 1. The third kappa shape index (κ3) is 6.57. The van der Waals surface area contributed by atoms with Crippen molar-refractivity contribution < 1.29 is 22.7 Å². The molecule has 5 rings (SSSR count). The van der Waals surface area contributed by atoms with Crippen LogP contribution in [0.25, 0.3) is 0 Å². The minimum absolute atomic E-state index is 0.00590. The summed E-state index contributed by atoms with van der Waals surface area (Å²) < 4.78 is 31.8. The molecule has 3 aromatic rings. The number of ether oxygens (including phenoxy) is 1. The van der Waals surface area contributed by atoms with Gasteiger partial charge in [-0.2, -0.15) is 0 Å². The normalized spacial score (nSPS) is 21.9. The molecule has 2 aliphatic heterocycles. The zero-order valence-corrected chi connectivity index (χ0v) is 29.7. The van der Waals surface area contributed by atoms with E-state index in [1.807, 2.05) is 38.1 Å². The van der Waals surface area contributed by atoms with Gasteiger partial charge in [-0.25, -0.2) is 13.2 Å². The molecule has 1 saturated heterocycles. The molecule has 0 aliphatic carbocycles. The number of sulfone groups is 1. The van der Waals surface area contributed by atoms with Crippen molar-refractivity contribution in [3.05, 3.63) is 92.4 Å². The van der Waals surface area contributed by atoms with Crippen LogP contribution < -0.4 is 10.5 Å². The monoisotopic (exact) mass is 718 g/mol. The predicted octanol–water partition coefficient (Wildman–Crippen LogP) is 7.05. The number of hydrogen-bond donors (Lipinski definition) is 1. The maximum Gasteiger partial charge on any atom is 0.326 e. The highest BCUT2D eigenvalue weighted by molar-refractivity contribution is 7.90. The van der Waals surface area contributed by atoms with E-state index >= 15 is 4.79 Å². The van der Waals surface area contributed by atoms with Crippen molar-refractivity contribution in [3.63, 3.8) is 0 Å². The third-order valence-electron chi connectivity index (χ3n) is 9.29. The topological polar surface area (TPSA) is 122 Å². The van der Waals surface area contributed by atoms with Crippen molar-refractivity contribution in [3.8, 4) is 5.75 Å². The predicted molar refractivity (Wildman–Crippen MR) is 185 cm³/mol. The lowest BCUT2D eigenvalue weighted by atomic mass is 9.71. The number of nitrogens with two attached hydrogens (primary N) is 1. The molecule has 0 saturated carbocycles. The van der Waals surface area contributed by atoms with Gasteiger partial charge in [-0.1, -0.05) is 59.1 Å². The summed E-state index contributed by atoms with van der Waals surface area (Å²) >= 11 is 19.1. The van der Waals surface area contributed by atoms with Gasteiger partial charge in [0.1, 0.15) is 22.7 Å². The Labute approximate surface area is 290 Å². The third-order valence-corrected chi connectivity index (χ3v) is 11.4. The second-order valence-corrected chi connectivity index (χ2v) is 15.6. The first-order chi connectivity index (χ1) is 22.1. The molecule has 2 aliphatic rings. The average Bonchev–Trinajstić information content (AvgIpc) is 3.25. The molecule has 1 fully saturated rings. The number of halogens is 3. The Morgan fingerprint density at radius 1 is 0.957 bits per heavy atom. The Kier molecular flexibility index (Phi) is 9.91. The molecule has 2 unspecified atom stereocenters. The Balaban J connectivity index is 1.79. The summed E-state index contributed by atoms with van der Waals surface area (Å²) in [4.78, 5) is 35.2. The van der Waals surface area contributed by atoms with E-state index in [0.29, 0.717) is 41.5 Å². The van der Waals surface area contributed by atoms with Crippen molar-refractivity contribution in [1.82, 2.24) is 9.80 Å². The number of primary amides is 1. The van der Waals surface area contributed by atoms with Crippen molar-refractivity contribution in [2.24, 2.45) is 16.6 Å². The van der Waals surface area contributed by atoms with Crippen LogP contribution in [0.1, 0.15) is 56.7 Å². The van der Waals surface area contributed by atoms with E-state index in [-0.39, 0.29) is 52.4 Å². The van der Waals surface area contributed by atoms with Crippen LogP contribution in [-0.4, -0.2) is 61.9 Å². The van der Waals surface area contributed by atoms with Crippen LogP contribution in [0.2, 0.25) is 15.1 Å². The molecule has 9 nitrogen and oxygen atoms in total. The van der Waals surface area contributed by atoms with Gasteiger partial charge in [-0.05, 0) is 81.0 Å². The molecular formula is C34H37Cl3N4O5S. The van der Waals surface area contributed by atoms with Crippen LogP contribution in [0.15, 0.2) is 70.6 Å². The zero-order chi connectivity index (χ0) is 34.3. The highest BCUT2D eigenvalue weighted by Crippen LogP contribution is 2.54. The number of urea groups is 1. The lowest BCUT2D eigenvalue weighted by Gasteiger charge is -2.47. The average molecular weight is 720 g/mol. The van der Waals surface area contributed by atoms with Gasteiger partial charge < -0.3 is 15.4 Å². The largest absolute Gasteiger partial charge is 0.493 e. The van der Waals surface area contributed by atoms with Gasteiger partial charge in [-0.15, -0.1) is 0 Å². The molecule has 2 atom stereocenters. The quantitative estimate of drug-likeness (QED) is 0.268. The second kappa shape index (κ2) is 13.3. The summed E-state index contributed by atoms with van der Waals surface area (Å²) in [5, 5.41) is 1.05. The number of benzene rings is 3. The summed E-state index contributed by atoms with van der Waals surface area (Å²) in [6.07, 6.45) is 2.53. The molecule has 47 heavy (non-hydrogen) atoms. The van der Waals surface area contributed by atoms with E-state index in [1.54, 1.807) is 41.0 Å². The highest BCUT2D eigenvalue weighted by Gasteiger charge is 2.60. The summed E-state index contributed by atoms with van der Waals surface area (Å²) in [6.45, 7) is 6.70. The fourth-order valence-corrected chi connectivity index (χ4v) is 8.16. The van der Waals surface area contributed by atoms with Crippen molar-refractivity contribution in [2.45, 2.75) is 56.0 Å². The second-order valence-electron chi connectivity index (χ2n) is 12.3. The number of amides is 3. The summed E-state index contributed by atoms with van der Waals surface area (Å²) in [5.41, 5.74) is 4.96. The van der Waals surface area contributed by atoms with Gasteiger partial charge in [0, 0.05) is 41.9 Å². The molecule has 2 N–H and O–H groups in total. The molecule has 2 heterocycles. The number of likely N-dealkylation sites (tertiary alicyclic amines) is 1. The first-order valence-electron chi connectivity index (χ1n) is 15.3. The lowest BCUT2D eigenvalue weighted by molar-refractivity contribution is -0.119. The van der Waals surface area contributed by atoms with Crippen LogP contribution >= 0.6 is 34.8 Å². The van der Waals surface area contributed by atoms with Gasteiger partial charge in [0.25, 0.3) is 0 Å². The van der Waals surface area contributed by atoms with Crippen molar-refractivity contribution in [1.29, 1.82) is 0 Å². The molecule has 0 radical (unpaired) electrons. The molecule has 3 amide bonds. The number of carbonyl (C=O) groups is 2. The maximum atomic E-state index is 15.0. The Morgan fingerprint density at radius 3 is 2.02 bits per heavy atom. The van der Waals surface area contributed by atoms with Crippen LogP contribution in [0.5, 0.6) is 5.75 Å². The van der Waals surface area contributed by atoms with Gasteiger partial charge in [-0.3, -0.25) is 14.7 Å². The standard InChI is InChI=1S/C34H37Cl3N4O5S/c1-5-46-28-20-27(37)29(47(4,44)45)19-26(28)31-39-33(2,22-6-10-24(35)11-7-22)34(3,23-8-12-25(36)13-9-23)41(31)32(43)40-16-14-21(15-17-40)18-30(38)42/h6-13,19-21H,5,14-18H2,1-4H3,(H2,38,42). The van der Waals surface area contributed by atoms with Crippen molar-refractivity contribution >= 4 is 62.4 Å². The van der Waals surface area contributed by atoms with Crippen molar-refractivity contribution in [2.75, 3.05) is 26.0 Å². The first kappa shape index (κ1) is 35.0. The lowest BCUT2D eigenvalue weighted by Crippen LogP contribution is -2.59. The molecular weight excluding hydrogens is 683 g/mol. The molecule has 0 bridgehead atoms. The first-order valence-corrected chi connectivity index (χ1v) is 18.3. The number of piperidine rings is 1. The number of aliphatic imine (C=N–C) groups is 1. The SMILES string of the molecule is CCOc1cc(Cl)c(S(C)(=O)=O)cc1C1=NC(C)(c2ccc(Cl)cc2)C(C)(c2ccc(Cl)cc2)N1C(=O)N1CCC(CC(N)=O)CC1. The Morgan fingerprint density at radius 2 is 1.51 bits per heavy atom. The Hall–Kier alpha value is -3.31. The molecule has 0 aromatic heterocycles. The highest BCUT2D eigenvalue weighted by atomic mass is 35.5. The van der Waals surface area contributed by atoms with Crippen LogP contribution in [-0.2, 0) is 25.7 Å². The minimum atomic E-state index is -3.79. The number of hydrogen-bond acceptors (Lipinski definition) is 6. The summed E-state index contributed by atoms with van der Waals surface area (Å²) in [5.74, 6) is 0.198. The van der Waals surface area contributed by atoms with Gasteiger partial charge in [0.05, 0.1) is 22.1 Å². The number of rotatable bonds is 8. The van der Waals surface area contributed by atoms with E-state index in [9.17, 15) is 13.2 Å². The maximum absolute atomic E-state index is 15.0. The van der Waals surface area contributed by atoms with Gasteiger partial charge >= 0.3 is 6.03 Å². The van der Waals surface area contributed by atoms with E-state index in [0.717, 1.165) is 17.4 Å².